The second kappa shape index (κ2) is 6.81. The zero-order chi connectivity index (χ0) is 7.82. The standard InChI is InChI=1S/C9H17O/c1-4-10-8-6-5-7-9(2)3/h1-2,4-8H2,3H3. The van der Waals surface area contributed by atoms with Crippen LogP contribution >= 0.6 is 0 Å². The molecular formula is C9H17O. The van der Waals surface area contributed by atoms with E-state index in [4.69, 9.17) is 4.74 Å². The van der Waals surface area contributed by atoms with Crippen LogP contribution in [0.1, 0.15) is 26.2 Å². The van der Waals surface area contributed by atoms with Gasteiger partial charge in [-0.15, -0.1) is 6.58 Å². The molecule has 0 aliphatic carbocycles. The molecule has 0 fully saturated rings. The van der Waals surface area contributed by atoms with Crippen LogP contribution in [0.5, 0.6) is 0 Å². The van der Waals surface area contributed by atoms with Gasteiger partial charge in [0.05, 0.1) is 0 Å². The summed E-state index contributed by atoms with van der Waals surface area (Å²) in [7, 11) is 0. The molecule has 0 aliphatic rings. The molecular weight excluding hydrogens is 124 g/mol. The van der Waals surface area contributed by atoms with Gasteiger partial charge >= 0.3 is 0 Å². The lowest BCUT2D eigenvalue weighted by molar-refractivity contribution is 0.156. The fraction of sp³-hybridized carbons (Fsp3) is 0.667. The molecule has 59 valence electrons. The van der Waals surface area contributed by atoms with Gasteiger partial charge in [0.1, 0.15) is 0 Å². The minimum absolute atomic E-state index is 0.590. The summed E-state index contributed by atoms with van der Waals surface area (Å²) in [4.78, 5) is 0. The molecule has 0 saturated carbocycles. The SMILES string of the molecule is [CH2]COCCCCC(=C)C. The van der Waals surface area contributed by atoms with Gasteiger partial charge in [-0.3, -0.25) is 0 Å². The Morgan fingerprint density at radius 3 is 2.60 bits per heavy atom. The molecule has 0 spiro atoms. The summed E-state index contributed by atoms with van der Waals surface area (Å²) in [5.74, 6) is 0. The van der Waals surface area contributed by atoms with Crippen molar-refractivity contribution < 1.29 is 4.74 Å². The molecule has 10 heavy (non-hydrogen) atoms. The van der Waals surface area contributed by atoms with Crippen LogP contribution in [0.4, 0.5) is 0 Å². The average molecular weight is 141 g/mol. The quantitative estimate of drug-likeness (QED) is 0.408. The highest BCUT2D eigenvalue weighted by Crippen LogP contribution is 2.03. The third-order valence-electron chi connectivity index (χ3n) is 1.29. The summed E-state index contributed by atoms with van der Waals surface area (Å²) in [5, 5.41) is 0. The van der Waals surface area contributed by atoms with Crippen molar-refractivity contribution in [1.82, 2.24) is 0 Å². The second-order valence-corrected chi connectivity index (χ2v) is 2.53. The lowest BCUT2D eigenvalue weighted by atomic mass is 10.1. The summed E-state index contributed by atoms with van der Waals surface area (Å²) in [6.07, 6.45) is 3.44. The molecule has 0 rings (SSSR count). The predicted molar refractivity (Wildman–Crippen MR) is 44.8 cm³/mol. The molecule has 0 amide bonds. The number of hydrogen-bond donors (Lipinski definition) is 0. The van der Waals surface area contributed by atoms with E-state index in [1.165, 1.54) is 12.0 Å². The van der Waals surface area contributed by atoms with Gasteiger partial charge in [-0.1, -0.05) is 5.57 Å². The topological polar surface area (TPSA) is 9.23 Å². The zero-order valence-corrected chi connectivity index (χ0v) is 6.86. The van der Waals surface area contributed by atoms with E-state index in [1.807, 2.05) is 0 Å². The van der Waals surface area contributed by atoms with Gasteiger partial charge in [0.15, 0.2) is 0 Å². The van der Waals surface area contributed by atoms with E-state index in [0.29, 0.717) is 6.61 Å². The smallest absolute Gasteiger partial charge is 0.0466 e. The van der Waals surface area contributed by atoms with Crippen LogP contribution < -0.4 is 0 Å². The molecule has 0 unspecified atom stereocenters. The normalized spacial score (nSPS) is 9.80. The highest BCUT2D eigenvalue weighted by Gasteiger charge is 1.88. The summed E-state index contributed by atoms with van der Waals surface area (Å²) in [6.45, 7) is 10.9. The van der Waals surface area contributed by atoms with E-state index in [0.717, 1.165) is 19.4 Å². The first kappa shape index (κ1) is 9.70. The number of rotatable bonds is 6. The highest BCUT2D eigenvalue weighted by molar-refractivity contribution is 4.86. The van der Waals surface area contributed by atoms with E-state index in [-0.39, 0.29) is 0 Å². The van der Waals surface area contributed by atoms with Gasteiger partial charge in [0.2, 0.25) is 0 Å². The van der Waals surface area contributed by atoms with Crippen LogP contribution in [0.2, 0.25) is 0 Å². The summed E-state index contributed by atoms with van der Waals surface area (Å²) >= 11 is 0. The Labute approximate surface area is 64.1 Å². The average Bonchev–Trinajstić information content (AvgIpc) is 1.87. The maximum absolute atomic E-state index is 5.07. The molecule has 1 heteroatoms. The minimum atomic E-state index is 0.590. The van der Waals surface area contributed by atoms with E-state index >= 15 is 0 Å². The molecule has 0 aromatic carbocycles. The van der Waals surface area contributed by atoms with Crippen LogP contribution in [-0.4, -0.2) is 13.2 Å². The van der Waals surface area contributed by atoms with Crippen LogP contribution in [0.15, 0.2) is 12.2 Å². The molecule has 1 radical (unpaired) electrons. The Morgan fingerprint density at radius 1 is 1.40 bits per heavy atom. The number of allylic oxidation sites excluding steroid dienone is 1. The Bertz CT molecular complexity index is 86.7. The van der Waals surface area contributed by atoms with Crippen molar-refractivity contribution >= 4 is 0 Å². The van der Waals surface area contributed by atoms with Crippen molar-refractivity contribution in [3.05, 3.63) is 19.1 Å². The fourth-order valence-corrected chi connectivity index (χ4v) is 0.733. The largest absolute Gasteiger partial charge is 0.381 e. The lowest BCUT2D eigenvalue weighted by Gasteiger charge is -2.00. The van der Waals surface area contributed by atoms with Crippen LogP contribution in [0, 0.1) is 6.92 Å². The highest BCUT2D eigenvalue weighted by atomic mass is 16.5. The third kappa shape index (κ3) is 7.70. The molecule has 0 N–H and O–H groups in total. The van der Waals surface area contributed by atoms with Crippen molar-refractivity contribution in [2.75, 3.05) is 13.2 Å². The van der Waals surface area contributed by atoms with Gasteiger partial charge in [0.25, 0.3) is 0 Å². The van der Waals surface area contributed by atoms with Gasteiger partial charge in [-0.2, -0.15) is 0 Å². The van der Waals surface area contributed by atoms with Crippen molar-refractivity contribution in [3.63, 3.8) is 0 Å². The molecule has 0 atom stereocenters. The first-order chi connectivity index (χ1) is 4.77. The van der Waals surface area contributed by atoms with Crippen molar-refractivity contribution in [2.45, 2.75) is 26.2 Å². The molecule has 0 aromatic heterocycles. The van der Waals surface area contributed by atoms with Crippen molar-refractivity contribution in [3.8, 4) is 0 Å². The first-order valence-electron chi connectivity index (χ1n) is 3.78. The summed E-state index contributed by atoms with van der Waals surface area (Å²) < 4.78 is 5.07. The first-order valence-corrected chi connectivity index (χ1v) is 3.78. The number of ether oxygens (including phenoxy) is 1. The Kier molecular flexibility index (Phi) is 6.61. The molecule has 0 aliphatic heterocycles. The second-order valence-electron chi connectivity index (χ2n) is 2.53. The van der Waals surface area contributed by atoms with Crippen LogP contribution in [0.3, 0.4) is 0 Å². The van der Waals surface area contributed by atoms with E-state index < -0.39 is 0 Å². The Morgan fingerprint density at radius 2 is 2.10 bits per heavy atom. The number of hydrogen-bond acceptors (Lipinski definition) is 1. The van der Waals surface area contributed by atoms with Gasteiger partial charge in [-0.05, 0) is 33.1 Å². The zero-order valence-electron chi connectivity index (χ0n) is 6.86. The monoisotopic (exact) mass is 141 g/mol. The Balaban J connectivity index is 2.84. The van der Waals surface area contributed by atoms with E-state index in [2.05, 4.69) is 20.4 Å². The molecule has 0 aromatic rings. The Hall–Kier alpha value is -0.300. The lowest BCUT2D eigenvalue weighted by Crippen LogP contribution is -1.93. The minimum Gasteiger partial charge on any atom is -0.381 e. The maximum Gasteiger partial charge on any atom is 0.0466 e. The molecule has 1 nitrogen and oxygen atoms in total. The fourth-order valence-electron chi connectivity index (χ4n) is 0.733. The van der Waals surface area contributed by atoms with Gasteiger partial charge < -0.3 is 4.74 Å². The van der Waals surface area contributed by atoms with Crippen LogP contribution in [-0.2, 0) is 4.74 Å². The number of unbranched alkanes of at least 4 members (excludes halogenated alkanes) is 1. The summed E-state index contributed by atoms with van der Waals surface area (Å²) in [5.41, 5.74) is 1.26. The third-order valence-corrected chi connectivity index (χ3v) is 1.29. The van der Waals surface area contributed by atoms with Crippen molar-refractivity contribution in [1.29, 1.82) is 0 Å². The molecule has 0 heterocycles. The van der Waals surface area contributed by atoms with Gasteiger partial charge in [0, 0.05) is 13.2 Å². The molecule has 0 bridgehead atoms. The van der Waals surface area contributed by atoms with Crippen LogP contribution in [0.25, 0.3) is 0 Å². The van der Waals surface area contributed by atoms with E-state index in [9.17, 15) is 0 Å². The van der Waals surface area contributed by atoms with E-state index in [1.54, 1.807) is 0 Å². The van der Waals surface area contributed by atoms with Crippen molar-refractivity contribution in [2.24, 2.45) is 0 Å². The predicted octanol–water partition coefficient (Wildman–Crippen LogP) is 2.58. The molecule has 0 saturated heterocycles. The maximum atomic E-state index is 5.07. The summed E-state index contributed by atoms with van der Waals surface area (Å²) in [6, 6.07) is 0. The van der Waals surface area contributed by atoms with Gasteiger partial charge in [-0.25, -0.2) is 0 Å².